The number of hydrogen-bond donors (Lipinski definition) is 2. The Morgan fingerprint density at radius 2 is 1.63 bits per heavy atom. The van der Waals surface area contributed by atoms with Crippen LogP contribution in [0.2, 0.25) is 0 Å². The molecule has 1 aliphatic heterocycles. The van der Waals surface area contributed by atoms with Gasteiger partial charge in [-0.2, -0.15) is 0 Å². The van der Waals surface area contributed by atoms with Crippen molar-refractivity contribution in [1.29, 1.82) is 0 Å². The van der Waals surface area contributed by atoms with Gasteiger partial charge in [0.2, 0.25) is 5.91 Å². The maximum absolute atomic E-state index is 13.4. The highest BCUT2D eigenvalue weighted by molar-refractivity contribution is 9.10. The lowest BCUT2D eigenvalue weighted by Crippen LogP contribution is -2.49. The van der Waals surface area contributed by atoms with Gasteiger partial charge in [0, 0.05) is 20.2 Å². The number of halogens is 2. The average molecular weight is 616 g/mol. The first-order valence-corrected chi connectivity index (χ1v) is 12.6. The number of amides is 3. The zero-order valence-corrected chi connectivity index (χ0v) is 22.3. The number of hydrazine groups is 1. The SMILES string of the molecule is O=C(CC1C(=O)N(Cc2ccccc2)C(=S)N1NC(=O)c1ccc(Br)cc1)Nc1cccc(Br)c1. The third-order valence-electron chi connectivity index (χ3n) is 5.30. The summed E-state index contributed by atoms with van der Waals surface area (Å²) >= 11 is 12.3. The second-order valence-corrected chi connectivity index (χ2v) is 9.99. The molecular weight excluding hydrogens is 596 g/mol. The van der Waals surface area contributed by atoms with E-state index in [9.17, 15) is 14.4 Å². The van der Waals surface area contributed by atoms with E-state index in [1.807, 2.05) is 36.4 Å². The number of hydrogen-bond acceptors (Lipinski definition) is 4. The third kappa shape index (κ3) is 6.14. The number of rotatable bonds is 7. The number of benzene rings is 3. The number of nitrogens with one attached hydrogen (secondary N) is 2. The number of carbonyl (C=O) groups excluding carboxylic acids is 3. The summed E-state index contributed by atoms with van der Waals surface area (Å²) in [5.41, 5.74) is 4.58. The van der Waals surface area contributed by atoms with E-state index >= 15 is 0 Å². The molecule has 1 atom stereocenters. The molecular formula is C25H20Br2N4O3S. The molecule has 3 amide bonds. The molecule has 0 radical (unpaired) electrons. The first kappa shape index (κ1) is 25.0. The molecule has 0 bridgehead atoms. The van der Waals surface area contributed by atoms with E-state index in [2.05, 4.69) is 42.6 Å². The largest absolute Gasteiger partial charge is 0.326 e. The Hall–Kier alpha value is -3.08. The number of nitrogens with zero attached hydrogens (tertiary/aromatic N) is 2. The standard InChI is InChI=1S/C25H20Br2N4O3S/c26-18-11-9-17(10-12-18)23(33)29-31-21(14-22(32)28-20-8-4-7-19(27)13-20)24(34)30(25(31)35)15-16-5-2-1-3-6-16/h1-13,21H,14-15H2,(H,28,32)(H,29,33). The Kier molecular flexibility index (Phi) is 7.94. The summed E-state index contributed by atoms with van der Waals surface area (Å²) in [7, 11) is 0. The minimum absolute atomic E-state index is 0.129. The van der Waals surface area contributed by atoms with Crippen molar-refractivity contribution in [1.82, 2.24) is 15.3 Å². The van der Waals surface area contributed by atoms with Crippen LogP contribution in [0.3, 0.4) is 0 Å². The van der Waals surface area contributed by atoms with Crippen LogP contribution in [0, 0.1) is 0 Å². The number of anilines is 1. The molecule has 35 heavy (non-hydrogen) atoms. The maximum Gasteiger partial charge on any atom is 0.269 e. The first-order chi connectivity index (χ1) is 16.8. The highest BCUT2D eigenvalue weighted by atomic mass is 79.9. The van der Waals surface area contributed by atoms with Crippen molar-refractivity contribution in [3.8, 4) is 0 Å². The minimum atomic E-state index is -0.988. The van der Waals surface area contributed by atoms with Crippen molar-refractivity contribution in [3.63, 3.8) is 0 Å². The van der Waals surface area contributed by atoms with Gasteiger partial charge >= 0.3 is 0 Å². The van der Waals surface area contributed by atoms with Gasteiger partial charge in [-0.05, 0) is 60.2 Å². The van der Waals surface area contributed by atoms with Crippen molar-refractivity contribution in [2.24, 2.45) is 0 Å². The van der Waals surface area contributed by atoms with Gasteiger partial charge in [-0.1, -0.05) is 68.3 Å². The fraction of sp³-hybridized carbons (Fsp3) is 0.120. The van der Waals surface area contributed by atoms with Gasteiger partial charge in [-0.25, -0.2) is 5.01 Å². The summed E-state index contributed by atoms with van der Waals surface area (Å²) in [4.78, 5) is 40.6. The zero-order chi connectivity index (χ0) is 24.9. The summed E-state index contributed by atoms with van der Waals surface area (Å²) in [6, 6.07) is 22.3. The van der Waals surface area contributed by atoms with Gasteiger partial charge in [0.15, 0.2) is 5.11 Å². The van der Waals surface area contributed by atoms with E-state index in [0.717, 1.165) is 14.5 Å². The Labute approximate surface area is 224 Å². The minimum Gasteiger partial charge on any atom is -0.326 e. The molecule has 178 valence electrons. The normalized spacial score (nSPS) is 15.3. The van der Waals surface area contributed by atoms with Gasteiger partial charge < -0.3 is 5.32 Å². The maximum atomic E-state index is 13.4. The van der Waals surface area contributed by atoms with Crippen LogP contribution in [0.5, 0.6) is 0 Å². The van der Waals surface area contributed by atoms with Gasteiger partial charge in [-0.15, -0.1) is 0 Å². The van der Waals surface area contributed by atoms with E-state index in [0.29, 0.717) is 11.3 Å². The highest BCUT2D eigenvalue weighted by Crippen LogP contribution is 2.23. The molecule has 4 rings (SSSR count). The second-order valence-electron chi connectivity index (χ2n) is 7.79. The lowest BCUT2D eigenvalue weighted by Gasteiger charge is -2.24. The third-order valence-corrected chi connectivity index (χ3v) is 6.74. The summed E-state index contributed by atoms with van der Waals surface area (Å²) in [6.07, 6.45) is -0.197. The molecule has 1 saturated heterocycles. The zero-order valence-electron chi connectivity index (χ0n) is 18.3. The smallest absolute Gasteiger partial charge is 0.269 e. The fourth-order valence-corrected chi connectivity index (χ4v) is 4.58. The van der Waals surface area contributed by atoms with E-state index in [1.165, 1.54) is 9.91 Å². The monoisotopic (exact) mass is 614 g/mol. The topological polar surface area (TPSA) is 81.8 Å². The van der Waals surface area contributed by atoms with Gasteiger partial charge in [0.05, 0.1) is 13.0 Å². The van der Waals surface area contributed by atoms with Crippen LogP contribution in [-0.4, -0.2) is 38.8 Å². The van der Waals surface area contributed by atoms with E-state index in [1.54, 1.807) is 42.5 Å². The van der Waals surface area contributed by atoms with E-state index in [-0.39, 0.29) is 29.9 Å². The summed E-state index contributed by atoms with van der Waals surface area (Å²) in [6.45, 7) is 0.229. The predicted octanol–water partition coefficient (Wildman–Crippen LogP) is 4.88. The van der Waals surface area contributed by atoms with Crippen molar-refractivity contribution in [3.05, 3.63) is 98.9 Å². The molecule has 0 aliphatic carbocycles. The quantitative estimate of drug-likeness (QED) is 0.370. The molecule has 1 aliphatic rings. The van der Waals surface area contributed by atoms with Crippen molar-refractivity contribution in [2.45, 2.75) is 19.0 Å². The Balaban J connectivity index is 1.56. The molecule has 0 saturated carbocycles. The molecule has 0 spiro atoms. The Morgan fingerprint density at radius 1 is 0.914 bits per heavy atom. The molecule has 3 aromatic rings. The fourth-order valence-electron chi connectivity index (χ4n) is 3.59. The van der Waals surface area contributed by atoms with Crippen molar-refractivity contribution >= 4 is 72.6 Å². The summed E-state index contributed by atoms with van der Waals surface area (Å²) < 4.78 is 1.64. The summed E-state index contributed by atoms with van der Waals surface area (Å²) in [5, 5.41) is 4.23. The Morgan fingerprint density at radius 3 is 2.31 bits per heavy atom. The second kappa shape index (κ2) is 11.1. The van der Waals surface area contributed by atoms with E-state index < -0.39 is 11.9 Å². The molecule has 7 nitrogen and oxygen atoms in total. The molecule has 10 heteroatoms. The lowest BCUT2D eigenvalue weighted by atomic mass is 10.1. The van der Waals surface area contributed by atoms with Crippen LogP contribution in [-0.2, 0) is 16.1 Å². The van der Waals surface area contributed by atoms with Crippen LogP contribution in [0.25, 0.3) is 0 Å². The molecule has 1 unspecified atom stereocenters. The number of carbonyl (C=O) groups is 3. The van der Waals surface area contributed by atoms with Crippen LogP contribution < -0.4 is 10.7 Å². The summed E-state index contributed by atoms with van der Waals surface area (Å²) in [5.74, 6) is -1.18. The van der Waals surface area contributed by atoms with Gasteiger partial charge in [-0.3, -0.25) is 24.7 Å². The number of thiocarbonyl (C=S) groups is 1. The molecule has 3 aromatic carbocycles. The molecule has 2 N–H and O–H groups in total. The molecule has 1 heterocycles. The predicted molar refractivity (Wildman–Crippen MR) is 144 cm³/mol. The Bertz CT molecular complexity index is 1270. The average Bonchev–Trinajstić information content (AvgIpc) is 3.04. The highest BCUT2D eigenvalue weighted by Gasteiger charge is 2.44. The van der Waals surface area contributed by atoms with Crippen molar-refractivity contribution < 1.29 is 14.4 Å². The van der Waals surface area contributed by atoms with Crippen LogP contribution in [0.1, 0.15) is 22.3 Å². The lowest BCUT2D eigenvalue weighted by molar-refractivity contribution is -0.131. The van der Waals surface area contributed by atoms with Gasteiger partial charge in [0.25, 0.3) is 11.8 Å². The van der Waals surface area contributed by atoms with Crippen LogP contribution in [0.4, 0.5) is 5.69 Å². The van der Waals surface area contributed by atoms with Gasteiger partial charge in [0.1, 0.15) is 6.04 Å². The van der Waals surface area contributed by atoms with Crippen molar-refractivity contribution in [2.75, 3.05) is 5.32 Å². The first-order valence-electron chi connectivity index (χ1n) is 10.6. The van der Waals surface area contributed by atoms with Crippen LogP contribution >= 0.6 is 44.1 Å². The van der Waals surface area contributed by atoms with E-state index in [4.69, 9.17) is 12.2 Å². The van der Waals surface area contributed by atoms with Crippen LogP contribution in [0.15, 0.2) is 87.8 Å². The molecule has 1 fully saturated rings. The molecule has 0 aromatic heterocycles.